The number of phenols is 1. The molecule has 0 radical (unpaired) electrons. The molecule has 9 rings (SSSR count). The van der Waals surface area contributed by atoms with Crippen LogP contribution in [0.15, 0.2) is 72.8 Å². The van der Waals surface area contributed by atoms with Crippen LogP contribution in [-0.4, -0.2) is 84.5 Å². The number of piperazine rings is 1. The molecule has 4 aromatic carbocycles. The van der Waals surface area contributed by atoms with Crippen LogP contribution in [0.2, 0.25) is 0 Å². The molecule has 0 aliphatic carbocycles. The number of nitrogens with one attached hydrogen (secondary N) is 1. The monoisotopic (exact) mass is 775 g/mol. The molecule has 10 nitrogen and oxygen atoms in total. The van der Waals surface area contributed by atoms with E-state index in [0.29, 0.717) is 24.4 Å². The minimum atomic E-state index is -0.725. The summed E-state index contributed by atoms with van der Waals surface area (Å²) in [4.78, 5) is 46.2. The van der Waals surface area contributed by atoms with E-state index in [1.165, 1.54) is 12.1 Å². The number of piperidine rings is 2. The predicted molar refractivity (Wildman–Crippen MR) is 211 cm³/mol. The zero-order valence-electron chi connectivity index (χ0n) is 32.1. The van der Waals surface area contributed by atoms with E-state index in [0.717, 1.165) is 92.3 Å². The Hall–Kier alpha value is -5.33. The zero-order valence-corrected chi connectivity index (χ0v) is 32.1. The molecule has 5 aliphatic rings. The van der Waals surface area contributed by atoms with Gasteiger partial charge in [-0.05, 0) is 115 Å². The number of aromatic hydroxyl groups is 1. The predicted octanol–water partition coefficient (Wildman–Crippen LogP) is 6.18. The average Bonchev–Trinajstić information content (AvgIpc) is 3.54. The van der Waals surface area contributed by atoms with Gasteiger partial charge in [0.2, 0.25) is 11.8 Å². The number of nitrogens with zero attached hydrogens (tertiary/aromatic N) is 4. The summed E-state index contributed by atoms with van der Waals surface area (Å²) in [6.45, 7) is 8.83. The number of benzene rings is 4. The van der Waals surface area contributed by atoms with Gasteiger partial charge in [-0.3, -0.25) is 24.6 Å². The number of imide groups is 1. The summed E-state index contributed by atoms with van der Waals surface area (Å²) in [5, 5.41) is 12.5. The summed E-state index contributed by atoms with van der Waals surface area (Å²) in [7, 11) is 0. The number of rotatable bonds is 7. The van der Waals surface area contributed by atoms with E-state index < -0.39 is 29.7 Å². The van der Waals surface area contributed by atoms with E-state index in [4.69, 9.17) is 4.74 Å². The van der Waals surface area contributed by atoms with Crippen LogP contribution in [0.3, 0.4) is 0 Å². The van der Waals surface area contributed by atoms with E-state index in [9.17, 15) is 23.9 Å². The van der Waals surface area contributed by atoms with Crippen molar-refractivity contribution in [2.75, 3.05) is 55.6 Å². The molecule has 0 unspecified atom stereocenters. The molecular formula is C45H47F2N5O5. The van der Waals surface area contributed by atoms with Gasteiger partial charge in [-0.25, -0.2) is 8.78 Å². The lowest BCUT2D eigenvalue weighted by Gasteiger charge is -2.40. The minimum Gasteiger partial charge on any atom is -0.508 e. The van der Waals surface area contributed by atoms with Crippen molar-refractivity contribution >= 4 is 29.1 Å². The molecule has 0 spiro atoms. The molecule has 3 atom stereocenters. The second-order valence-electron chi connectivity index (χ2n) is 16.3. The fourth-order valence-electron chi connectivity index (χ4n) is 9.54. The summed E-state index contributed by atoms with van der Waals surface area (Å²) >= 11 is 0. The molecule has 0 aromatic heterocycles. The largest absolute Gasteiger partial charge is 0.508 e. The Balaban J connectivity index is 0.795. The third kappa shape index (κ3) is 7.25. The first-order chi connectivity index (χ1) is 27.6. The summed E-state index contributed by atoms with van der Waals surface area (Å²) in [5.74, 6) is -1.42. The maximum absolute atomic E-state index is 15.3. The summed E-state index contributed by atoms with van der Waals surface area (Å²) < 4.78 is 36.3. The van der Waals surface area contributed by atoms with E-state index in [1.807, 2.05) is 18.2 Å². The van der Waals surface area contributed by atoms with Crippen molar-refractivity contribution in [3.8, 4) is 5.75 Å². The van der Waals surface area contributed by atoms with Gasteiger partial charge in [0.05, 0.1) is 12.7 Å². The van der Waals surface area contributed by atoms with Crippen molar-refractivity contribution in [3.05, 3.63) is 123 Å². The van der Waals surface area contributed by atoms with E-state index in [-0.39, 0.29) is 47.6 Å². The average molecular weight is 776 g/mol. The van der Waals surface area contributed by atoms with Crippen LogP contribution in [0.1, 0.15) is 81.4 Å². The molecule has 5 heterocycles. The van der Waals surface area contributed by atoms with Gasteiger partial charge in [0.15, 0.2) is 0 Å². The van der Waals surface area contributed by atoms with Crippen molar-refractivity contribution in [2.45, 2.75) is 63.8 Å². The molecule has 0 bridgehead atoms. The number of anilines is 2. The molecule has 3 fully saturated rings. The number of fused-ring (bicyclic) bond motifs is 2. The fourth-order valence-corrected chi connectivity index (χ4v) is 9.54. The number of halogens is 2. The highest BCUT2D eigenvalue weighted by Crippen LogP contribution is 2.47. The maximum Gasteiger partial charge on any atom is 0.255 e. The molecule has 5 aliphatic heterocycles. The lowest BCUT2D eigenvalue weighted by Crippen LogP contribution is -2.52. The molecule has 0 saturated carbocycles. The number of ether oxygens (including phenoxy) is 1. The number of phenolic OH excluding ortho intramolecular Hbond substituents is 1. The van der Waals surface area contributed by atoms with Crippen LogP contribution in [0.4, 0.5) is 20.2 Å². The Morgan fingerprint density at radius 1 is 0.772 bits per heavy atom. The van der Waals surface area contributed by atoms with Crippen molar-refractivity contribution in [2.24, 2.45) is 5.92 Å². The van der Waals surface area contributed by atoms with Crippen LogP contribution >= 0.6 is 0 Å². The quantitative estimate of drug-likeness (QED) is 0.215. The van der Waals surface area contributed by atoms with Gasteiger partial charge < -0.3 is 24.5 Å². The van der Waals surface area contributed by atoms with Gasteiger partial charge in [0.25, 0.3) is 5.91 Å². The van der Waals surface area contributed by atoms with Gasteiger partial charge in [0.1, 0.15) is 23.4 Å². The molecule has 2 N–H and O–H groups in total. The van der Waals surface area contributed by atoms with Crippen molar-refractivity contribution in [3.63, 3.8) is 0 Å². The normalized spacial score (nSPS) is 23.1. The minimum absolute atomic E-state index is 0.139. The lowest BCUT2D eigenvalue weighted by molar-refractivity contribution is -0.136. The number of carbonyl (C=O) groups excluding carboxylic acids is 3. The first-order valence-electron chi connectivity index (χ1n) is 20.1. The van der Waals surface area contributed by atoms with Crippen molar-refractivity contribution in [1.82, 2.24) is 15.1 Å². The lowest BCUT2D eigenvalue weighted by atomic mass is 9.79. The maximum atomic E-state index is 15.3. The first-order valence-corrected chi connectivity index (χ1v) is 20.1. The Kier molecular flexibility index (Phi) is 9.94. The van der Waals surface area contributed by atoms with Crippen LogP contribution in [0.25, 0.3) is 0 Å². The molecule has 296 valence electrons. The van der Waals surface area contributed by atoms with Crippen LogP contribution in [-0.2, 0) is 27.5 Å². The molecule has 3 amide bonds. The molecule has 12 heteroatoms. The summed E-state index contributed by atoms with van der Waals surface area (Å²) in [5.41, 5.74) is 6.93. The Morgan fingerprint density at radius 3 is 2.26 bits per heavy atom. The first kappa shape index (κ1) is 37.3. The smallest absolute Gasteiger partial charge is 0.255 e. The van der Waals surface area contributed by atoms with Gasteiger partial charge in [-0.2, -0.15) is 0 Å². The van der Waals surface area contributed by atoms with Crippen LogP contribution < -0.4 is 15.1 Å². The standard InChI is InChI=1S/C45H47F2N5O5/c1-27-20-39(47)37(23-38(27)46)43-42(35-9-7-34(53)22-31(35)26-57-43)29-2-4-32(5-3-29)50-14-12-28(13-15-50)24-49-16-18-51(19-17-49)33-6-8-36-30(21-33)25-52(45(36)56)40-10-11-41(54)48-44(40)55/h2-9,20-23,28,40,42-43,53H,10-19,24-26H2,1H3,(H,48,54,55)/t40-,42-,43-/m0/s1. The third-order valence-corrected chi connectivity index (χ3v) is 12.8. The number of carbonyl (C=O) groups is 3. The highest BCUT2D eigenvalue weighted by molar-refractivity contribution is 6.05. The molecule has 57 heavy (non-hydrogen) atoms. The number of amides is 3. The Morgan fingerprint density at radius 2 is 1.51 bits per heavy atom. The SMILES string of the molecule is Cc1cc(F)c([C@@H]2OCc3cc(O)ccc3[C@@H]2c2ccc(N3CCC(CN4CCN(c5ccc6c(c5)CN([C@H]5CCC(=O)NC5=O)C6=O)CC4)CC3)cc2)cc1F. The highest BCUT2D eigenvalue weighted by Gasteiger charge is 2.40. The molecule has 3 saturated heterocycles. The Labute approximate surface area is 331 Å². The number of hydrogen-bond acceptors (Lipinski definition) is 8. The van der Waals surface area contributed by atoms with Gasteiger partial charge >= 0.3 is 0 Å². The number of aryl methyl sites for hydroxylation is 1. The summed E-state index contributed by atoms with van der Waals surface area (Å²) in [6.07, 6.45) is 2.07. The second-order valence-corrected chi connectivity index (χ2v) is 16.3. The van der Waals surface area contributed by atoms with Crippen molar-refractivity contribution < 1.29 is 33.0 Å². The Bertz CT molecular complexity index is 2220. The van der Waals surface area contributed by atoms with E-state index in [2.05, 4.69) is 50.3 Å². The van der Waals surface area contributed by atoms with Gasteiger partial charge in [-0.1, -0.05) is 18.2 Å². The van der Waals surface area contributed by atoms with Gasteiger partial charge in [0, 0.05) is 87.2 Å². The fraction of sp³-hybridized carbons (Fsp3) is 0.400. The highest BCUT2D eigenvalue weighted by atomic mass is 19.1. The topological polar surface area (TPSA) is 106 Å². The second kappa shape index (κ2) is 15.2. The molecule has 4 aromatic rings. The summed E-state index contributed by atoms with van der Waals surface area (Å²) in [6, 6.07) is 21.4. The van der Waals surface area contributed by atoms with Crippen LogP contribution in [0, 0.1) is 24.5 Å². The third-order valence-electron chi connectivity index (χ3n) is 12.8. The van der Waals surface area contributed by atoms with Gasteiger partial charge in [-0.15, -0.1) is 0 Å². The van der Waals surface area contributed by atoms with E-state index in [1.54, 1.807) is 24.0 Å². The van der Waals surface area contributed by atoms with Crippen LogP contribution in [0.5, 0.6) is 5.75 Å². The van der Waals surface area contributed by atoms with Crippen molar-refractivity contribution in [1.29, 1.82) is 0 Å². The van der Waals surface area contributed by atoms with E-state index >= 15 is 4.39 Å². The number of hydrogen-bond donors (Lipinski definition) is 2. The molecular weight excluding hydrogens is 729 g/mol. The zero-order chi connectivity index (χ0) is 39.4.